The van der Waals surface area contributed by atoms with Gasteiger partial charge in [-0.25, -0.2) is 13.4 Å². The maximum absolute atomic E-state index is 11.7. The molecule has 0 radical (unpaired) electrons. The van der Waals surface area contributed by atoms with Crippen molar-refractivity contribution in [3.8, 4) is 17.2 Å². The topological polar surface area (TPSA) is 65.5 Å². The first-order valence-electron chi connectivity index (χ1n) is 6.90. The average Bonchev–Trinajstić information content (AvgIpc) is 2.55. The lowest BCUT2D eigenvalue weighted by Crippen LogP contribution is -2.01. The van der Waals surface area contributed by atoms with E-state index in [1.54, 1.807) is 25.3 Å². The number of hydrogen-bond donors (Lipinski definition) is 0. The second kappa shape index (κ2) is 5.89. The molecule has 0 N–H and O–H groups in total. The molecule has 0 aliphatic heterocycles. The number of rotatable bonds is 4. The number of methoxy groups -OCH3 is 1. The van der Waals surface area contributed by atoms with Crippen molar-refractivity contribution in [2.24, 2.45) is 0 Å². The van der Waals surface area contributed by atoms with E-state index < -0.39 is 9.84 Å². The van der Waals surface area contributed by atoms with Crippen molar-refractivity contribution in [2.45, 2.75) is 5.03 Å². The summed E-state index contributed by atoms with van der Waals surface area (Å²) in [7, 11) is -1.81. The molecule has 5 nitrogen and oxygen atoms in total. The van der Waals surface area contributed by atoms with Crippen LogP contribution < -0.4 is 9.47 Å². The Kier molecular flexibility index (Phi) is 3.92. The third-order valence-electron chi connectivity index (χ3n) is 3.32. The van der Waals surface area contributed by atoms with Crippen LogP contribution in [0.4, 0.5) is 0 Å². The van der Waals surface area contributed by atoms with Gasteiger partial charge in [0.05, 0.1) is 12.6 Å². The number of fused-ring (bicyclic) bond motifs is 1. The maximum Gasteiger partial charge on any atom is 0.192 e. The van der Waals surface area contributed by atoms with Crippen molar-refractivity contribution < 1.29 is 17.9 Å². The van der Waals surface area contributed by atoms with E-state index in [1.807, 2.05) is 30.3 Å². The van der Waals surface area contributed by atoms with Crippen LogP contribution in [0.3, 0.4) is 0 Å². The minimum atomic E-state index is -3.36. The Hall–Kier alpha value is -2.60. The van der Waals surface area contributed by atoms with E-state index in [4.69, 9.17) is 9.47 Å². The monoisotopic (exact) mass is 329 g/mol. The molecule has 6 heteroatoms. The van der Waals surface area contributed by atoms with Crippen LogP contribution in [0.1, 0.15) is 0 Å². The first-order valence-corrected chi connectivity index (χ1v) is 8.79. The van der Waals surface area contributed by atoms with Gasteiger partial charge in [-0.2, -0.15) is 0 Å². The van der Waals surface area contributed by atoms with Crippen LogP contribution in [-0.2, 0) is 9.84 Å². The molecule has 0 fully saturated rings. The van der Waals surface area contributed by atoms with Gasteiger partial charge >= 0.3 is 0 Å². The quantitative estimate of drug-likeness (QED) is 0.733. The predicted molar refractivity (Wildman–Crippen MR) is 87.9 cm³/mol. The van der Waals surface area contributed by atoms with Gasteiger partial charge in [-0.1, -0.05) is 18.2 Å². The number of aromatic nitrogens is 1. The Morgan fingerprint density at radius 3 is 2.35 bits per heavy atom. The van der Waals surface area contributed by atoms with E-state index in [1.165, 1.54) is 6.07 Å². The number of ether oxygens (including phenoxy) is 2. The molecule has 0 spiro atoms. The SMILES string of the molecule is COc1ccc2nc(S(C)(=O)=O)ccc2c1Oc1ccccc1. The van der Waals surface area contributed by atoms with Crippen molar-refractivity contribution in [3.63, 3.8) is 0 Å². The summed E-state index contributed by atoms with van der Waals surface area (Å²) in [6.07, 6.45) is 1.13. The molecule has 2 aromatic carbocycles. The lowest BCUT2D eigenvalue weighted by atomic mass is 10.2. The zero-order valence-electron chi connectivity index (χ0n) is 12.7. The Labute approximate surface area is 134 Å². The number of para-hydroxylation sites is 1. The molecule has 0 aliphatic carbocycles. The summed E-state index contributed by atoms with van der Waals surface area (Å²) < 4.78 is 34.6. The highest BCUT2D eigenvalue weighted by molar-refractivity contribution is 7.90. The molecule has 0 atom stereocenters. The highest BCUT2D eigenvalue weighted by atomic mass is 32.2. The van der Waals surface area contributed by atoms with Gasteiger partial charge in [-0.15, -0.1) is 0 Å². The molecule has 0 bridgehead atoms. The van der Waals surface area contributed by atoms with E-state index in [0.29, 0.717) is 28.2 Å². The molecule has 0 saturated heterocycles. The molecule has 0 aliphatic rings. The summed E-state index contributed by atoms with van der Waals surface area (Å²) in [6, 6.07) is 15.9. The van der Waals surface area contributed by atoms with Gasteiger partial charge in [0.15, 0.2) is 26.4 Å². The number of pyridine rings is 1. The summed E-state index contributed by atoms with van der Waals surface area (Å²) >= 11 is 0. The Morgan fingerprint density at radius 1 is 0.957 bits per heavy atom. The largest absolute Gasteiger partial charge is 0.493 e. The highest BCUT2D eigenvalue weighted by Gasteiger charge is 2.15. The smallest absolute Gasteiger partial charge is 0.192 e. The third kappa shape index (κ3) is 3.12. The second-order valence-electron chi connectivity index (χ2n) is 5.00. The van der Waals surface area contributed by atoms with Crippen LogP contribution in [-0.4, -0.2) is 26.8 Å². The predicted octanol–water partition coefficient (Wildman–Crippen LogP) is 3.44. The fraction of sp³-hybridized carbons (Fsp3) is 0.118. The molecule has 0 amide bonds. The standard InChI is InChI=1S/C17H15NO4S/c1-21-15-10-9-14-13(8-11-16(18-14)23(2,19)20)17(15)22-12-6-4-3-5-7-12/h3-11H,1-2H3. The first-order chi connectivity index (χ1) is 11.0. The summed E-state index contributed by atoms with van der Waals surface area (Å²) in [5, 5.41) is 0.710. The van der Waals surface area contributed by atoms with Crippen molar-refractivity contribution in [3.05, 3.63) is 54.6 Å². The van der Waals surface area contributed by atoms with Crippen molar-refractivity contribution in [2.75, 3.05) is 13.4 Å². The minimum Gasteiger partial charge on any atom is -0.493 e. The van der Waals surface area contributed by atoms with Crippen LogP contribution in [0.25, 0.3) is 10.9 Å². The molecule has 0 saturated carbocycles. The number of benzene rings is 2. The molecule has 1 aromatic heterocycles. The molecule has 23 heavy (non-hydrogen) atoms. The lowest BCUT2D eigenvalue weighted by molar-refractivity contribution is 0.381. The maximum atomic E-state index is 11.7. The number of hydrogen-bond acceptors (Lipinski definition) is 5. The van der Waals surface area contributed by atoms with E-state index in [0.717, 1.165) is 6.26 Å². The van der Waals surface area contributed by atoms with Crippen LogP contribution in [0.2, 0.25) is 0 Å². The lowest BCUT2D eigenvalue weighted by Gasteiger charge is -2.13. The Bertz CT molecular complexity index is 953. The van der Waals surface area contributed by atoms with Gasteiger partial charge in [0.25, 0.3) is 0 Å². The van der Waals surface area contributed by atoms with E-state index in [2.05, 4.69) is 4.98 Å². The third-order valence-corrected chi connectivity index (χ3v) is 4.31. The van der Waals surface area contributed by atoms with Crippen molar-refractivity contribution in [1.29, 1.82) is 0 Å². The van der Waals surface area contributed by atoms with Gasteiger partial charge in [0, 0.05) is 11.6 Å². The number of nitrogens with zero attached hydrogens (tertiary/aromatic N) is 1. The van der Waals surface area contributed by atoms with Crippen LogP contribution in [0.15, 0.2) is 59.6 Å². The summed E-state index contributed by atoms with van der Waals surface area (Å²) in [5.41, 5.74) is 0.527. The zero-order chi connectivity index (χ0) is 16.4. The van der Waals surface area contributed by atoms with E-state index >= 15 is 0 Å². The molecular weight excluding hydrogens is 314 g/mol. The molecule has 3 aromatic rings. The fourth-order valence-electron chi connectivity index (χ4n) is 2.22. The van der Waals surface area contributed by atoms with Gasteiger partial charge in [-0.3, -0.25) is 0 Å². The molecule has 3 rings (SSSR count). The second-order valence-corrected chi connectivity index (χ2v) is 6.96. The summed E-state index contributed by atoms with van der Waals surface area (Å²) in [4.78, 5) is 4.20. The molecule has 0 unspecified atom stereocenters. The fourth-order valence-corrected chi connectivity index (χ4v) is 2.80. The Morgan fingerprint density at radius 2 is 1.70 bits per heavy atom. The van der Waals surface area contributed by atoms with Gasteiger partial charge < -0.3 is 9.47 Å². The first kappa shape index (κ1) is 15.3. The van der Waals surface area contributed by atoms with Gasteiger partial charge in [-0.05, 0) is 36.4 Å². The van der Waals surface area contributed by atoms with Crippen LogP contribution >= 0.6 is 0 Å². The van der Waals surface area contributed by atoms with E-state index in [-0.39, 0.29) is 5.03 Å². The highest BCUT2D eigenvalue weighted by Crippen LogP contribution is 2.38. The molecule has 1 heterocycles. The molecule has 118 valence electrons. The Balaban J connectivity index is 2.18. The van der Waals surface area contributed by atoms with Crippen LogP contribution in [0, 0.1) is 0 Å². The average molecular weight is 329 g/mol. The zero-order valence-corrected chi connectivity index (χ0v) is 13.5. The number of sulfone groups is 1. The van der Waals surface area contributed by atoms with Crippen molar-refractivity contribution in [1.82, 2.24) is 4.98 Å². The summed E-state index contributed by atoms with van der Waals surface area (Å²) in [5.74, 6) is 1.71. The van der Waals surface area contributed by atoms with Crippen molar-refractivity contribution >= 4 is 20.7 Å². The van der Waals surface area contributed by atoms with Gasteiger partial charge in [0.1, 0.15) is 5.75 Å². The van der Waals surface area contributed by atoms with Gasteiger partial charge in [0.2, 0.25) is 0 Å². The van der Waals surface area contributed by atoms with Crippen LogP contribution in [0.5, 0.6) is 17.2 Å². The molecular formula is C17H15NO4S. The minimum absolute atomic E-state index is 0.0285. The normalized spacial score (nSPS) is 11.4. The van der Waals surface area contributed by atoms with E-state index in [9.17, 15) is 8.42 Å². The summed E-state index contributed by atoms with van der Waals surface area (Å²) in [6.45, 7) is 0.